The number of benzene rings is 2. The van der Waals surface area contributed by atoms with Crippen LogP contribution in [0.3, 0.4) is 0 Å². The van der Waals surface area contributed by atoms with Crippen LogP contribution in [-0.2, 0) is 21.2 Å². The summed E-state index contributed by atoms with van der Waals surface area (Å²) in [6.45, 7) is 0.316. The van der Waals surface area contributed by atoms with Crippen LogP contribution in [0.25, 0.3) is 0 Å². The van der Waals surface area contributed by atoms with Gasteiger partial charge in [0, 0.05) is 12.6 Å². The molecule has 1 aliphatic rings. The highest BCUT2D eigenvalue weighted by molar-refractivity contribution is 7.89. The van der Waals surface area contributed by atoms with E-state index in [2.05, 4.69) is 4.72 Å². The molecular formula is C19H22N2O5S. The molecule has 1 atom stereocenters. The molecular weight excluding hydrogens is 368 g/mol. The topological polar surface area (TPSA) is 84.9 Å². The average Bonchev–Trinajstić information content (AvgIpc) is 3.07. The van der Waals surface area contributed by atoms with E-state index >= 15 is 0 Å². The van der Waals surface area contributed by atoms with Gasteiger partial charge < -0.3 is 9.47 Å². The minimum atomic E-state index is -3.46. The van der Waals surface area contributed by atoms with Crippen molar-refractivity contribution in [2.24, 2.45) is 0 Å². The monoisotopic (exact) mass is 390 g/mol. The van der Waals surface area contributed by atoms with Gasteiger partial charge in [-0.3, -0.25) is 4.90 Å². The molecule has 7 nitrogen and oxygen atoms in total. The van der Waals surface area contributed by atoms with Gasteiger partial charge in [0.15, 0.2) is 0 Å². The van der Waals surface area contributed by atoms with Crippen molar-refractivity contribution in [3.05, 3.63) is 60.2 Å². The quantitative estimate of drug-likeness (QED) is 0.747. The van der Waals surface area contributed by atoms with Gasteiger partial charge in [-0.25, -0.2) is 17.9 Å². The van der Waals surface area contributed by atoms with Crippen LogP contribution in [0.5, 0.6) is 5.75 Å². The standard InChI is InChI=1S/C19H22N2O5S/c1-25-17-9-5-8-16(12-17)21-14-18(26-19(21)22)13-20-27(23,24)11-10-15-6-3-2-4-7-15/h2-9,12,18,20H,10-11,13-14H2,1H3. The Morgan fingerprint density at radius 3 is 2.70 bits per heavy atom. The molecule has 2 aromatic rings. The van der Waals surface area contributed by atoms with Gasteiger partial charge in [-0.2, -0.15) is 0 Å². The molecule has 3 rings (SSSR count). The Kier molecular flexibility index (Phi) is 5.98. The van der Waals surface area contributed by atoms with E-state index in [1.54, 1.807) is 31.4 Å². The minimum Gasteiger partial charge on any atom is -0.497 e. The zero-order valence-electron chi connectivity index (χ0n) is 15.0. The van der Waals surface area contributed by atoms with Crippen LogP contribution in [0.15, 0.2) is 54.6 Å². The fourth-order valence-corrected chi connectivity index (χ4v) is 3.89. The first-order valence-corrected chi connectivity index (χ1v) is 10.3. The predicted octanol–water partition coefficient (Wildman–Crippen LogP) is 2.18. The van der Waals surface area contributed by atoms with Crippen LogP contribution >= 0.6 is 0 Å². The highest BCUT2D eigenvalue weighted by atomic mass is 32.2. The van der Waals surface area contributed by atoms with Crippen LogP contribution in [0.1, 0.15) is 5.56 Å². The van der Waals surface area contributed by atoms with E-state index in [-0.39, 0.29) is 18.8 Å². The third-order valence-electron chi connectivity index (χ3n) is 4.27. The summed E-state index contributed by atoms with van der Waals surface area (Å²) in [6.07, 6.45) is -0.622. The van der Waals surface area contributed by atoms with Gasteiger partial charge in [0.05, 0.1) is 25.1 Å². The molecule has 0 bridgehead atoms. The number of rotatable bonds is 8. The summed E-state index contributed by atoms with van der Waals surface area (Å²) in [7, 11) is -1.91. The molecule has 27 heavy (non-hydrogen) atoms. The number of anilines is 1. The Morgan fingerprint density at radius 2 is 1.96 bits per heavy atom. The lowest BCUT2D eigenvalue weighted by atomic mass is 10.2. The molecule has 1 fully saturated rings. The lowest BCUT2D eigenvalue weighted by molar-refractivity contribution is 0.143. The summed E-state index contributed by atoms with van der Waals surface area (Å²) in [5.74, 6) is 0.613. The smallest absolute Gasteiger partial charge is 0.414 e. The number of nitrogens with one attached hydrogen (secondary N) is 1. The molecule has 1 amide bonds. The summed E-state index contributed by atoms with van der Waals surface area (Å²) < 4.78 is 37.4. The van der Waals surface area contributed by atoms with Crippen LogP contribution in [0.4, 0.5) is 10.5 Å². The maximum absolute atomic E-state index is 12.2. The zero-order valence-corrected chi connectivity index (χ0v) is 15.8. The highest BCUT2D eigenvalue weighted by Crippen LogP contribution is 2.25. The van der Waals surface area contributed by atoms with Crippen LogP contribution in [0.2, 0.25) is 0 Å². The largest absolute Gasteiger partial charge is 0.497 e. The third-order valence-corrected chi connectivity index (χ3v) is 5.62. The van der Waals surface area contributed by atoms with Crippen molar-refractivity contribution in [3.63, 3.8) is 0 Å². The van der Waals surface area contributed by atoms with Crippen molar-refractivity contribution in [1.82, 2.24) is 4.72 Å². The number of aryl methyl sites for hydroxylation is 1. The lowest BCUT2D eigenvalue weighted by Crippen LogP contribution is -2.36. The Morgan fingerprint density at radius 1 is 1.19 bits per heavy atom. The summed E-state index contributed by atoms with van der Waals surface area (Å²) in [4.78, 5) is 13.6. The van der Waals surface area contributed by atoms with Crippen molar-refractivity contribution in [3.8, 4) is 5.75 Å². The van der Waals surface area contributed by atoms with Crippen molar-refractivity contribution in [1.29, 1.82) is 0 Å². The van der Waals surface area contributed by atoms with E-state index in [1.165, 1.54) is 4.90 Å². The molecule has 8 heteroatoms. The number of amides is 1. The Hall–Kier alpha value is -2.58. The molecule has 0 saturated carbocycles. The highest BCUT2D eigenvalue weighted by Gasteiger charge is 2.33. The summed E-state index contributed by atoms with van der Waals surface area (Å²) in [5.41, 5.74) is 1.60. The molecule has 0 radical (unpaired) electrons. The minimum absolute atomic E-state index is 0.0166. The number of cyclic esters (lactones) is 1. The first-order valence-electron chi connectivity index (χ1n) is 8.60. The summed E-state index contributed by atoms with van der Waals surface area (Å²) >= 11 is 0. The second-order valence-corrected chi connectivity index (χ2v) is 8.15. The van der Waals surface area contributed by atoms with Gasteiger partial charge in [-0.15, -0.1) is 0 Å². The van der Waals surface area contributed by atoms with Gasteiger partial charge >= 0.3 is 6.09 Å². The maximum Gasteiger partial charge on any atom is 0.414 e. The van der Waals surface area contributed by atoms with Crippen molar-refractivity contribution >= 4 is 21.8 Å². The van der Waals surface area contributed by atoms with Crippen molar-refractivity contribution in [2.45, 2.75) is 12.5 Å². The van der Waals surface area contributed by atoms with E-state index in [0.29, 0.717) is 17.9 Å². The fourth-order valence-electron chi connectivity index (χ4n) is 2.81. The lowest BCUT2D eigenvalue weighted by Gasteiger charge is -2.14. The van der Waals surface area contributed by atoms with Crippen LogP contribution in [-0.4, -0.2) is 46.6 Å². The van der Waals surface area contributed by atoms with E-state index < -0.39 is 22.2 Å². The molecule has 1 unspecified atom stereocenters. The number of sulfonamides is 1. The Balaban J connectivity index is 1.53. The number of carbonyl (C=O) groups excluding carboxylic acids is 1. The number of ether oxygens (including phenoxy) is 2. The SMILES string of the molecule is COc1cccc(N2CC(CNS(=O)(=O)CCc3ccccc3)OC2=O)c1. The normalized spacial score (nSPS) is 17.0. The van der Waals surface area contributed by atoms with Crippen LogP contribution in [0, 0.1) is 0 Å². The molecule has 0 aliphatic carbocycles. The average molecular weight is 390 g/mol. The number of hydrogen-bond donors (Lipinski definition) is 1. The summed E-state index contributed by atoms with van der Waals surface area (Å²) in [5, 5.41) is 0. The molecule has 1 N–H and O–H groups in total. The van der Waals surface area contributed by atoms with E-state index in [0.717, 1.165) is 5.56 Å². The van der Waals surface area contributed by atoms with Crippen LogP contribution < -0.4 is 14.4 Å². The van der Waals surface area contributed by atoms with Gasteiger partial charge in [-0.1, -0.05) is 36.4 Å². The molecule has 1 aliphatic heterocycles. The molecule has 0 aromatic heterocycles. The molecule has 1 saturated heterocycles. The van der Waals surface area contributed by atoms with E-state index in [4.69, 9.17) is 9.47 Å². The second kappa shape index (κ2) is 8.41. The summed E-state index contributed by atoms with van der Waals surface area (Å²) in [6, 6.07) is 16.5. The first-order chi connectivity index (χ1) is 13.0. The zero-order chi connectivity index (χ0) is 19.3. The molecule has 2 aromatic carbocycles. The van der Waals surface area contributed by atoms with E-state index in [1.807, 2.05) is 30.3 Å². The molecule has 1 heterocycles. The number of nitrogens with zero attached hydrogens (tertiary/aromatic N) is 1. The Bertz CT molecular complexity index is 886. The van der Waals surface area contributed by atoms with Crippen molar-refractivity contribution in [2.75, 3.05) is 30.9 Å². The Labute approximate surface area is 158 Å². The first kappa shape index (κ1) is 19.2. The van der Waals surface area contributed by atoms with Gasteiger partial charge in [-0.05, 0) is 24.1 Å². The fraction of sp³-hybridized carbons (Fsp3) is 0.316. The maximum atomic E-state index is 12.2. The molecule has 0 spiro atoms. The molecule has 144 valence electrons. The number of methoxy groups -OCH3 is 1. The number of carbonyl (C=O) groups is 1. The predicted molar refractivity (Wildman–Crippen MR) is 103 cm³/mol. The third kappa shape index (κ3) is 5.21. The van der Waals surface area contributed by atoms with Gasteiger partial charge in [0.2, 0.25) is 10.0 Å². The van der Waals surface area contributed by atoms with E-state index in [9.17, 15) is 13.2 Å². The van der Waals surface area contributed by atoms with Gasteiger partial charge in [0.25, 0.3) is 0 Å². The van der Waals surface area contributed by atoms with Crippen molar-refractivity contribution < 1.29 is 22.7 Å². The van der Waals surface area contributed by atoms with Gasteiger partial charge in [0.1, 0.15) is 11.9 Å². The second-order valence-electron chi connectivity index (χ2n) is 6.22. The number of hydrogen-bond acceptors (Lipinski definition) is 5.